The first-order valence-corrected chi connectivity index (χ1v) is 12.7. The van der Waals surface area contributed by atoms with Crippen LogP contribution in [0.5, 0.6) is 0 Å². The lowest BCUT2D eigenvalue weighted by Crippen LogP contribution is -2.56. The van der Waals surface area contributed by atoms with Gasteiger partial charge in [-0.2, -0.15) is 0 Å². The zero-order valence-corrected chi connectivity index (χ0v) is 19.4. The Labute approximate surface area is 182 Å². The minimum atomic E-state index is -0.460. The second-order valence-electron chi connectivity index (χ2n) is 12.1. The average Bonchev–Trinajstić information content (AvgIpc) is 3.30. The van der Waals surface area contributed by atoms with Gasteiger partial charge in [0.05, 0.1) is 11.8 Å². The van der Waals surface area contributed by atoms with E-state index in [4.69, 9.17) is 4.84 Å². The van der Waals surface area contributed by atoms with Crippen LogP contribution in [0.4, 0.5) is 0 Å². The van der Waals surface area contributed by atoms with Crippen LogP contribution in [0.2, 0.25) is 0 Å². The van der Waals surface area contributed by atoms with E-state index in [0.717, 1.165) is 30.9 Å². The van der Waals surface area contributed by atoms with Crippen LogP contribution in [0.1, 0.15) is 91.9 Å². The first-order valence-electron chi connectivity index (χ1n) is 12.7. The maximum absolute atomic E-state index is 13.2. The minimum Gasteiger partial charge on any atom is -0.389 e. The summed E-state index contributed by atoms with van der Waals surface area (Å²) in [6.07, 6.45) is 10.8. The van der Waals surface area contributed by atoms with Gasteiger partial charge in [-0.05, 0) is 85.9 Å². The van der Waals surface area contributed by atoms with E-state index in [1.807, 2.05) is 6.92 Å². The fourth-order valence-electron chi connectivity index (χ4n) is 9.28. The fraction of sp³-hybridized carbons (Fsp3) is 0.923. The number of fused-ring (bicyclic) bond motifs is 5. The molecular weight excluding hydrogens is 374 g/mol. The Balaban J connectivity index is 1.36. The molecule has 4 heteroatoms. The van der Waals surface area contributed by atoms with Gasteiger partial charge in [-0.25, -0.2) is 0 Å². The molecule has 0 aromatic carbocycles. The topological polar surface area (TPSA) is 58.9 Å². The van der Waals surface area contributed by atoms with Crippen molar-refractivity contribution in [2.45, 2.75) is 104 Å². The predicted octanol–water partition coefficient (Wildman–Crippen LogP) is 5.38. The number of carbonyl (C=O) groups is 1. The standard InChI is InChI=1S/C26H41NO3/c1-15-13-23(30-27-15)24(29)16(2)18-8-9-19-17-14-22(28)21-7-5-6-11-25(21,3)20(17)10-12-26(18,19)4/h16-21,23-24,29H,5-14H2,1-4H3/t16-,17-,18+,19-,20-,21+,23+,24+,25+,26+/m0/s1. The van der Waals surface area contributed by atoms with Gasteiger partial charge in [0.25, 0.3) is 0 Å². The van der Waals surface area contributed by atoms with Gasteiger partial charge in [0.15, 0.2) is 6.10 Å². The molecule has 0 saturated heterocycles. The Hall–Kier alpha value is -0.900. The molecule has 5 aliphatic rings. The van der Waals surface area contributed by atoms with Crippen molar-refractivity contribution in [3.8, 4) is 0 Å². The monoisotopic (exact) mass is 415 g/mol. The molecule has 5 rings (SSSR count). The van der Waals surface area contributed by atoms with Gasteiger partial charge in [-0.1, -0.05) is 38.8 Å². The highest BCUT2D eigenvalue weighted by molar-refractivity contribution is 5.83. The lowest BCUT2D eigenvalue weighted by Gasteiger charge is -2.60. The Bertz CT molecular complexity index is 734. The van der Waals surface area contributed by atoms with Crippen molar-refractivity contribution in [2.75, 3.05) is 0 Å². The second-order valence-corrected chi connectivity index (χ2v) is 12.1. The van der Waals surface area contributed by atoms with Gasteiger partial charge in [-0.15, -0.1) is 0 Å². The minimum absolute atomic E-state index is 0.183. The van der Waals surface area contributed by atoms with E-state index < -0.39 is 6.10 Å². The molecule has 30 heavy (non-hydrogen) atoms. The molecule has 0 unspecified atom stereocenters. The number of rotatable bonds is 3. The van der Waals surface area contributed by atoms with Gasteiger partial charge in [-0.3, -0.25) is 4.79 Å². The first kappa shape index (κ1) is 21.0. The lowest BCUT2D eigenvalue weighted by atomic mass is 9.44. The van der Waals surface area contributed by atoms with Gasteiger partial charge < -0.3 is 9.94 Å². The Morgan fingerprint density at radius 1 is 1.03 bits per heavy atom. The number of aliphatic hydroxyl groups is 1. The molecule has 0 aromatic rings. The SMILES string of the molecule is CC1=NO[C@@H]([C@H](O)[C@@H](C)[C@H]2CC[C@H]3[C@@H]4CC(=O)[C@H]5CCCC[C@]5(C)[C@H]4CC[C@]23C)C1. The summed E-state index contributed by atoms with van der Waals surface area (Å²) in [4.78, 5) is 18.8. The van der Waals surface area contributed by atoms with Crippen LogP contribution in [0, 0.1) is 46.3 Å². The molecule has 168 valence electrons. The second kappa shape index (κ2) is 7.32. The molecule has 1 aliphatic heterocycles. The molecule has 0 radical (unpaired) electrons. The summed E-state index contributed by atoms with van der Waals surface area (Å²) >= 11 is 0. The first-order chi connectivity index (χ1) is 14.3. The summed E-state index contributed by atoms with van der Waals surface area (Å²) in [6, 6.07) is 0. The van der Waals surface area contributed by atoms with Crippen molar-refractivity contribution in [2.24, 2.45) is 51.5 Å². The quantitative estimate of drug-likeness (QED) is 0.673. The summed E-state index contributed by atoms with van der Waals surface area (Å²) in [5, 5.41) is 15.2. The molecule has 0 aromatic heterocycles. The maximum Gasteiger partial charge on any atom is 0.158 e. The van der Waals surface area contributed by atoms with Crippen LogP contribution in [0.25, 0.3) is 0 Å². The summed E-state index contributed by atoms with van der Waals surface area (Å²) in [5.41, 5.74) is 1.47. The highest BCUT2D eigenvalue weighted by Gasteiger charge is 2.62. The molecule has 0 spiro atoms. The summed E-state index contributed by atoms with van der Waals surface area (Å²) in [6.45, 7) is 9.17. The van der Waals surface area contributed by atoms with E-state index in [0.29, 0.717) is 29.5 Å². The number of aliphatic hydroxyl groups excluding tert-OH is 1. The largest absolute Gasteiger partial charge is 0.389 e. The van der Waals surface area contributed by atoms with E-state index in [9.17, 15) is 9.90 Å². The highest BCUT2D eigenvalue weighted by Crippen LogP contribution is 2.67. The van der Waals surface area contributed by atoms with Gasteiger partial charge in [0, 0.05) is 18.8 Å². The molecule has 0 bridgehead atoms. The number of nitrogens with zero attached hydrogens (tertiary/aromatic N) is 1. The Morgan fingerprint density at radius 3 is 2.53 bits per heavy atom. The van der Waals surface area contributed by atoms with Crippen molar-refractivity contribution in [1.82, 2.24) is 0 Å². The third kappa shape index (κ3) is 2.95. The number of ketones is 1. The van der Waals surface area contributed by atoms with E-state index >= 15 is 0 Å². The maximum atomic E-state index is 13.2. The molecule has 10 atom stereocenters. The Morgan fingerprint density at radius 2 is 1.80 bits per heavy atom. The molecule has 1 heterocycles. The molecule has 4 saturated carbocycles. The molecule has 4 aliphatic carbocycles. The van der Waals surface area contributed by atoms with Crippen LogP contribution in [-0.2, 0) is 9.63 Å². The van der Waals surface area contributed by atoms with Crippen LogP contribution < -0.4 is 0 Å². The normalized spacial score (nSPS) is 50.0. The highest BCUT2D eigenvalue weighted by atomic mass is 16.7. The molecule has 1 N–H and O–H groups in total. The lowest BCUT2D eigenvalue weighted by molar-refractivity contribution is -0.156. The molecule has 4 fully saturated rings. The third-order valence-electron chi connectivity index (χ3n) is 10.8. The van der Waals surface area contributed by atoms with Crippen LogP contribution >= 0.6 is 0 Å². The van der Waals surface area contributed by atoms with Gasteiger partial charge in [0.2, 0.25) is 0 Å². The number of Topliss-reactive ketones (excluding diaryl/α,β-unsaturated/α-hetero) is 1. The van der Waals surface area contributed by atoms with Crippen molar-refractivity contribution < 1.29 is 14.7 Å². The van der Waals surface area contributed by atoms with E-state index in [1.165, 1.54) is 44.9 Å². The smallest absolute Gasteiger partial charge is 0.158 e. The van der Waals surface area contributed by atoms with Crippen molar-refractivity contribution >= 4 is 11.5 Å². The number of hydrogen-bond acceptors (Lipinski definition) is 4. The van der Waals surface area contributed by atoms with E-state index in [1.54, 1.807) is 0 Å². The van der Waals surface area contributed by atoms with Crippen molar-refractivity contribution in [1.29, 1.82) is 0 Å². The van der Waals surface area contributed by atoms with Crippen molar-refractivity contribution in [3.05, 3.63) is 0 Å². The average molecular weight is 416 g/mol. The van der Waals surface area contributed by atoms with Gasteiger partial charge >= 0.3 is 0 Å². The number of oxime groups is 1. The van der Waals surface area contributed by atoms with Crippen LogP contribution in [0.3, 0.4) is 0 Å². The molecule has 4 nitrogen and oxygen atoms in total. The molecule has 0 amide bonds. The van der Waals surface area contributed by atoms with Gasteiger partial charge in [0.1, 0.15) is 5.78 Å². The zero-order chi connectivity index (χ0) is 21.3. The molecular formula is C26H41NO3. The third-order valence-corrected chi connectivity index (χ3v) is 10.8. The summed E-state index contributed by atoms with van der Waals surface area (Å²) in [5.74, 6) is 3.56. The van der Waals surface area contributed by atoms with E-state index in [2.05, 4.69) is 25.9 Å². The van der Waals surface area contributed by atoms with Crippen LogP contribution in [-0.4, -0.2) is 28.8 Å². The summed E-state index contributed by atoms with van der Waals surface area (Å²) in [7, 11) is 0. The predicted molar refractivity (Wildman–Crippen MR) is 118 cm³/mol. The van der Waals surface area contributed by atoms with E-state index in [-0.39, 0.29) is 22.9 Å². The number of carbonyl (C=O) groups excluding carboxylic acids is 1. The fourth-order valence-corrected chi connectivity index (χ4v) is 9.28. The Kier molecular flexibility index (Phi) is 5.12. The van der Waals surface area contributed by atoms with Crippen molar-refractivity contribution in [3.63, 3.8) is 0 Å². The van der Waals surface area contributed by atoms with Crippen LogP contribution in [0.15, 0.2) is 5.16 Å². The zero-order valence-electron chi connectivity index (χ0n) is 19.4. The number of hydrogen-bond donors (Lipinski definition) is 1. The summed E-state index contributed by atoms with van der Waals surface area (Å²) < 4.78 is 0.